The molecule has 0 saturated carbocycles. The van der Waals surface area contributed by atoms with Crippen molar-refractivity contribution in [1.29, 1.82) is 0 Å². The Morgan fingerprint density at radius 3 is 2.14 bits per heavy atom. The van der Waals surface area contributed by atoms with Crippen molar-refractivity contribution in [2.24, 2.45) is 11.3 Å². The number of carboxylic acid groups (broad SMARTS) is 1. The van der Waals surface area contributed by atoms with E-state index in [4.69, 9.17) is 9.72 Å². The van der Waals surface area contributed by atoms with Gasteiger partial charge in [0, 0.05) is 35.6 Å². The maximum absolute atomic E-state index is 12.6. The van der Waals surface area contributed by atoms with Gasteiger partial charge >= 0.3 is 5.97 Å². The first-order chi connectivity index (χ1) is 16.2. The van der Waals surface area contributed by atoms with Crippen LogP contribution in [0.4, 0.5) is 5.69 Å². The lowest BCUT2D eigenvalue weighted by Crippen LogP contribution is -2.39. The molecule has 2 heterocycles. The Hall–Kier alpha value is -2.40. The highest BCUT2D eigenvalue weighted by molar-refractivity contribution is 5.88. The van der Waals surface area contributed by atoms with Gasteiger partial charge < -0.3 is 14.7 Å². The van der Waals surface area contributed by atoms with Crippen LogP contribution in [0.5, 0.6) is 0 Å². The minimum atomic E-state index is -1.09. The molecule has 1 saturated heterocycles. The molecule has 3 rings (SSSR count). The molecule has 1 aromatic carbocycles. The number of hydrogen-bond donors (Lipinski definition) is 1. The Labute approximate surface area is 211 Å². The molecule has 1 atom stereocenters. The summed E-state index contributed by atoms with van der Waals surface area (Å²) in [7, 11) is 0. The van der Waals surface area contributed by atoms with Crippen LogP contribution in [0.3, 0.4) is 0 Å². The molecule has 0 spiro atoms. The highest BCUT2D eigenvalue weighted by atomic mass is 16.5. The predicted octanol–water partition coefficient (Wildman–Crippen LogP) is 7.13. The van der Waals surface area contributed by atoms with Crippen molar-refractivity contribution in [2.45, 2.75) is 93.3 Å². The van der Waals surface area contributed by atoms with Gasteiger partial charge in [-0.15, -0.1) is 0 Å². The zero-order valence-electron chi connectivity index (χ0n) is 23.2. The molecule has 0 aliphatic carbocycles. The smallest absolute Gasteiger partial charge is 0.337 e. The molecule has 5 nitrogen and oxygen atoms in total. The van der Waals surface area contributed by atoms with E-state index in [1.165, 1.54) is 5.56 Å². The summed E-state index contributed by atoms with van der Waals surface area (Å²) in [5, 5.41) is 10.3. The van der Waals surface area contributed by atoms with Gasteiger partial charge in [0.1, 0.15) is 0 Å². The Morgan fingerprint density at radius 1 is 1.09 bits per heavy atom. The van der Waals surface area contributed by atoms with E-state index >= 15 is 0 Å². The van der Waals surface area contributed by atoms with Gasteiger partial charge in [0.15, 0.2) is 6.10 Å². The second kappa shape index (κ2) is 10.3. The number of pyridine rings is 1. The van der Waals surface area contributed by atoms with Crippen molar-refractivity contribution in [3.63, 3.8) is 0 Å². The quantitative estimate of drug-likeness (QED) is 0.457. The average Bonchev–Trinajstić information content (AvgIpc) is 2.72. The zero-order valence-corrected chi connectivity index (χ0v) is 23.2. The zero-order chi connectivity index (χ0) is 26.1. The lowest BCUT2D eigenvalue weighted by molar-refractivity contribution is -0.160. The van der Waals surface area contributed by atoms with Crippen LogP contribution in [0.2, 0.25) is 0 Å². The predicted molar refractivity (Wildman–Crippen MR) is 144 cm³/mol. The number of anilines is 1. The molecule has 1 N–H and O–H groups in total. The number of piperidine rings is 1. The Bertz CT molecular complexity index is 1040. The number of aliphatic carboxylic acids is 1. The minimum absolute atomic E-state index is 0.278. The fourth-order valence-corrected chi connectivity index (χ4v) is 5.03. The molecule has 0 unspecified atom stereocenters. The molecule has 1 aromatic heterocycles. The van der Waals surface area contributed by atoms with Crippen LogP contribution < -0.4 is 4.90 Å². The van der Waals surface area contributed by atoms with Gasteiger partial charge in [-0.05, 0) is 76.3 Å². The molecule has 5 heteroatoms. The third-order valence-electron chi connectivity index (χ3n) is 6.86. The molecular weight excluding hydrogens is 436 g/mol. The number of aryl methyl sites for hydroxylation is 2. The van der Waals surface area contributed by atoms with E-state index in [-0.39, 0.29) is 5.41 Å². The van der Waals surface area contributed by atoms with Gasteiger partial charge in [-0.25, -0.2) is 4.79 Å². The summed E-state index contributed by atoms with van der Waals surface area (Å²) >= 11 is 0. The lowest BCUT2D eigenvalue weighted by Gasteiger charge is -2.41. The van der Waals surface area contributed by atoms with Crippen LogP contribution in [0.15, 0.2) is 24.3 Å². The number of rotatable bonds is 7. The van der Waals surface area contributed by atoms with Gasteiger partial charge in [0.25, 0.3) is 0 Å². The normalized spacial score (nSPS) is 17.0. The van der Waals surface area contributed by atoms with Crippen LogP contribution in [0.25, 0.3) is 11.1 Å². The summed E-state index contributed by atoms with van der Waals surface area (Å²) in [6.07, 6.45) is 2.05. The van der Waals surface area contributed by atoms with E-state index in [0.29, 0.717) is 11.5 Å². The van der Waals surface area contributed by atoms with Crippen LogP contribution in [-0.2, 0) is 16.0 Å². The number of ether oxygens (including phenoxy) is 1. The molecular formula is C30H44N2O3. The Balaban J connectivity index is 2.24. The standard InChI is InChI=1S/C30H44N2O3/c1-19(2)18-22-10-12-23(13-11-22)24-20(3)31-21(4)25(27(28(33)34)35-29(5,6)7)26(24)32-16-14-30(8,9)15-17-32/h10-13,19,27H,14-18H2,1-9H3,(H,33,34)/t27-/m0/s1. The third kappa shape index (κ3) is 6.63. The van der Waals surface area contributed by atoms with Gasteiger partial charge in [0.05, 0.1) is 11.3 Å². The van der Waals surface area contributed by atoms with E-state index in [2.05, 4.69) is 56.9 Å². The third-order valence-corrected chi connectivity index (χ3v) is 6.86. The first-order valence-electron chi connectivity index (χ1n) is 12.9. The average molecular weight is 481 g/mol. The number of carbonyl (C=O) groups is 1. The number of nitrogens with zero attached hydrogens (tertiary/aromatic N) is 2. The topological polar surface area (TPSA) is 62.7 Å². The number of benzene rings is 1. The summed E-state index contributed by atoms with van der Waals surface area (Å²) in [4.78, 5) is 19.8. The molecule has 1 fully saturated rings. The second-order valence-corrected chi connectivity index (χ2v) is 12.3. The van der Waals surface area contributed by atoms with E-state index in [1.807, 2.05) is 34.6 Å². The van der Waals surface area contributed by atoms with E-state index < -0.39 is 17.7 Å². The Morgan fingerprint density at radius 2 is 1.66 bits per heavy atom. The van der Waals surface area contributed by atoms with Crippen molar-refractivity contribution in [3.8, 4) is 11.1 Å². The van der Waals surface area contributed by atoms with Gasteiger partial charge in [-0.3, -0.25) is 4.98 Å². The summed E-state index contributed by atoms with van der Waals surface area (Å²) in [6, 6.07) is 8.71. The largest absolute Gasteiger partial charge is 0.479 e. The lowest BCUT2D eigenvalue weighted by atomic mass is 9.81. The van der Waals surface area contributed by atoms with Gasteiger partial charge in [-0.1, -0.05) is 52.0 Å². The molecule has 35 heavy (non-hydrogen) atoms. The number of hydrogen-bond acceptors (Lipinski definition) is 4. The van der Waals surface area contributed by atoms with E-state index in [1.54, 1.807) is 0 Å². The molecule has 192 valence electrons. The number of carboxylic acids is 1. The Kier molecular flexibility index (Phi) is 8.00. The summed E-state index contributed by atoms with van der Waals surface area (Å²) in [5.74, 6) is -0.390. The van der Waals surface area contributed by atoms with Crippen LogP contribution in [0, 0.1) is 25.2 Å². The molecule has 0 radical (unpaired) electrons. The maximum Gasteiger partial charge on any atom is 0.337 e. The van der Waals surface area contributed by atoms with Crippen molar-refractivity contribution in [3.05, 3.63) is 46.8 Å². The summed E-state index contributed by atoms with van der Waals surface area (Å²) in [6.45, 7) is 20.5. The highest BCUT2D eigenvalue weighted by Gasteiger charge is 2.36. The van der Waals surface area contributed by atoms with Crippen LogP contribution in [0.1, 0.15) is 89.9 Å². The summed E-state index contributed by atoms with van der Waals surface area (Å²) < 4.78 is 6.17. The summed E-state index contributed by atoms with van der Waals surface area (Å²) in [5.41, 5.74) is 6.36. The van der Waals surface area contributed by atoms with Crippen molar-refractivity contribution < 1.29 is 14.6 Å². The monoisotopic (exact) mass is 480 g/mol. The van der Waals surface area contributed by atoms with Gasteiger partial charge in [0.2, 0.25) is 0 Å². The van der Waals surface area contributed by atoms with Crippen LogP contribution in [-0.4, -0.2) is 34.8 Å². The molecule has 2 aromatic rings. The SMILES string of the molecule is Cc1nc(C)c([C@H](OC(C)(C)C)C(=O)O)c(N2CCC(C)(C)CC2)c1-c1ccc(CC(C)C)cc1. The second-order valence-electron chi connectivity index (χ2n) is 12.3. The van der Waals surface area contributed by atoms with E-state index in [9.17, 15) is 9.90 Å². The first-order valence-corrected chi connectivity index (χ1v) is 12.9. The van der Waals surface area contributed by atoms with Crippen molar-refractivity contribution >= 4 is 11.7 Å². The molecule has 0 amide bonds. The molecule has 1 aliphatic rings. The number of aromatic nitrogens is 1. The molecule has 0 bridgehead atoms. The fraction of sp³-hybridized carbons (Fsp3) is 0.600. The molecule has 1 aliphatic heterocycles. The van der Waals surface area contributed by atoms with Gasteiger partial charge in [-0.2, -0.15) is 0 Å². The van der Waals surface area contributed by atoms with Crippen molar-refractivity contribution in [1.82, 2.24) is 4.98 Å². The minimum Gasteiger partial charge on any atom is -0.479 e. The first kappa shape index (κ1) is 27.2. The van der Waals surface area contributed by atoms with E-state index in [0.717, 1.165) is 60.6 Å². The fourth-order valence-electron chi connectivity index (χ4n) is 5.03. The highest BCUT2D eigenvalue weighted by Crippen LogP contribution is 2.44. The maximum atomic E-state index is 12.6. The van der Waals surface area contributed by atoms with Crippen LogP contribution >= 0.6 is 0 Å². The van der Waals surface area contributed by atoms with Crippen molar-refractivity contribution in [2.75, 3.05) is 18.0 Å².